The van der Waals surface area contributed by atoms with Crippen LogP contribution in [0.4, 0.5) is 10.1 Å². The average molecular weight is 829 g/mol. The van der Waals surface area contributed by atoms with E-state index in [1.54, 1.807) is 12.3 Å². The number of piperidine rings is 1. The molecular weight excluding hydrogens is 772 g/mol. The maximum absolute atomic E-state index is 16.1. The molecule has 9 rings (SSSR count). The van der Waals surface area contributed by atoms with Gasteiger partial charge in [-0.25, -0.2) is 9.37 Å². The molecule has 2 aromatic heterocycles. The first-order valence-corrected chi connectivity index (χ1v) is 22.2. The van der Waals surface area contributed by atoms with E-state index in [1.807, 2.05) is 72.8 Å². The number of benzene rings is 2. The van der Waals surface area contributed by atoms with Gasteiger partial charge in [-0.05, 0) is 160 Å². The maximum Gasteiger partial charge on any atom is 0.320 e. The number of carboxylic acid groups (broad SMARTS) is 2. The molecule has 0 radical (unpaired) electrons. The number of likely N-dealkylation sites (tertiary alicyclic amines) is 1. The van der Waals surface area contributed by atoms with Gasteiger partial charge in [-0.2, -0.15) is 0 Å². The highest BCUT2D eigenvalue weighted by atomic mass is 19.1. The number of aliphatic carboxylic acids is 2. The number of nitrogens with one attached hydrogen (secondary N) is 1. The van der Waals surface area contributed by atoms with Gasteiger partial charge >= 0.3 is 11.9 Å². The molecule has 4 aromatic rings. The van der Waals surface area contributed by atoms with Crippen molar-refractivity contribution in [1.29, 1.82) is 0 Å². The molecule has 4 heterocycles. The number of amides is 1. The van der Waals surface area contributed by atoms with Crippen molar-refractivity contribution >= 4 is 35.4 Å². The summed E-state index contributed by atoms with van der Waals surface area (Å²) in [6, 6.07) is 13.0. The summed E-state index contributed by atoms with van der Waals surface area (Å²) in [7, 11) is 1.91. The number of rotatable bonds is 13. The number of hydrogen-bond acceptors (Lipinski definition) is 7. The van der Waals surface area contributed by atoms with Crippen molar-refractivity contribution in [3.8, 4) is 11.1 Å². The summed E-state index contributed by atoms with van der Waals surface area (Å²) in [6.45, 7) is 7.66. The number of hydrogen-bond donors (Lipinski definition) is 3. The largest absolute Gasteiger partial charge is 0.481 e. The van der Waals surface area contributed by atoms with Crippen LogP contribution in [0.15, 0.2) is 48.7 Å². The molecule has 2 bridgehead atoms. The van der Waals surface area contributed by atoms with E-state index in [4.69, 9.17) is 4.98 Å². The Labute approximate surface area is 357 Å². The van der Waals surface area contributed by atoms with Gasteiger partial charge in [0, 0.05) is 50.7 Å². The van der Waals surface area contributed by atoms with E-state index in [0.29, 0.717) is 36.9 Å². The lowest BCUT2D eigenvalue weighted by atomic mass is 9.80. The second kappa shape index (κ2) is 16.2. The zero-order valence-corrected chi connectivity index (χ0v) is 35.6. The summed E-state index contributed by atoms with van der Waals surface area (Å²) >= 11 is 0. The average Bonchev–Trinajstić information content (AvgIpc) is 3.82. The van der Waals surface area contributed by atoms with Crippen molar-refractivity contribution in [2.24, 2.45) is 17.9 Å². The van der Waals surface area contributed by atoms with Gasteiger partial charge in [0.05, 0.1) is 16.8 Å². The van der Waals surface area contributed by atoms with Crippen LogP contribution in [0.1, 0.15) is 132 Å². The molecule has 2 aromatic carbocycles. The van der Waals surface area contributed by atoms with Gasteiger partial charge in [-0.1, -0.05) is 36.8 Å². The molecule has 320 valence electrons. The van der Waals surface area contributed by atoms with Crippen LogP contribution in [0.25, 0.3) is 23.0 Å². The molecule has 3 saturated carbocycles. The van der Waals surface area contributed by atoms with E-state index in [0.717, 1.165) is 141 Å². The lowest BCUT2D eigenvalue weighted by molar-refractivity contribution is -0.148. The van der Waals surface area contributed by atoms with Gasteiger partial charge in [0.25, 0.3) is 5.91 Å². The Morgan fingerprint density at radius 1 is 0.967 bits per heavy atom. The third-order valence-electron chi connectivity index (χ3n) is 15.0. The van der Waals surface area contributed by atoms with Crippen LogP contribution in [0, 0.1) is 24.7 Å². The number of pyridine rings is 1. The normalized spacial score (nSPS) is 24.2. The zero-order chi connectivity index (χ0) is 42.6. The van der Waals surface area contributed by atoms with Crippen molar-refractivity contribution in [3.05, 3.63) is 99.4 Å². The van der Waals surface area contributed by atoms with Crippen LogP contribution >= 0.6 is 0 Å². The summed E-state index contributed by atoms with van der Waals surface area (Å²) in [6.07, 6.45) is 14.1. The molecule has 61 heavy (non-hydrogen) atoms. The van der Waals surface area contributed by atoms with Gasteiger partial charge in [0.15, 0.2) is 5.82 Å². The zero-order valence-electron chi connectivity index (χ0n) is 35.6. The minimum atomic E-state index is -0.789. The highest BCUT2D eigenvalue weighted by Crippen LogP contribution is 2.63. The Morgan fingerprint density at radius 3 is 2.44 bits per heavy atom. The van der Waals surface area contributed by atoms with Crippen molar-refractivity contribution in [2.45, 2.75) is 116 Å². The monoisotopic (exact) mass is 828 g/mol. The smallest absolute Gasteiger partial charge is 0.320 e. The third kappa shape index (κ3) is 7.93. The lowest BCUT2D eigenvalue weighted by Crippen LogP contribution is -2.44. The van der Waals surface area contributed by atoms with Crippen LogP contribution in [0.2, 0.25) is 0 Å². The standard InChI is InChI=1S/C49H57FN6O5/c1-30-33(24-38(50)40-25-37(32-13-14-32)34(26-51-40)27-56-21-5-4-12-43(56)46(58)59)8-6-9-35(30)36-10-7-11-39(31(36)2)53-45(57)44-52-41-28-55(22-15-42(41)54(44)3)23-20-48-16-18-49(29-48,19-17-48)47(60)61/h6-11,24-26,32,43H,4-5,12-23,27-29H2,1-3H3,(H,53,57)(H,58,59)(H,60,61)/b38-24-/t43-,48?,49?/m0/s1. The molecule has 1 atom stereocenters. The Bertz CT molecular complexity index is 2430. The van der Waals surface area contributed by atoms with Crippen molar-refractivity contribution in [2.75, 3.05) is 25.0 Å². The molecule has 1 saturated heterocycles. The van der Waals surface area contributed by atoms with Crippen LogP contribution < -0.4 is 5.32 Å². The Hall–Kier alpha value is -5.20. The molecule has 4 fully saturated rings. The molecular formula is C49H57FN6O5. The number of carbonyl (C=O) groups is 3. The summed E-state index contributed by atoms with van der Waals surface area (Å²) in [5.74, 6) is -1.40. The molecule has 0 spiro atoms. The number of aromatic nitrogens is 3. The SMILES string of the molecule is Cc1c(/C=C(\F)c2cc(C3CC3)c(CN3CCCC[C@H]3C(=O)O)cn2)cccc1-c1cccc(NC(=O)c2nc3c(n2C)CCN(CCC24CCC(C(=O)O)(CC2)C4)C3)c1C. The Morgan fingerprint density at radius 2 is 1.72 bits per heavy atom. The quantitative estimate of drug-likeness (QED) is 0.121. The van der Waals surface area contributed by atoms with E-state index in [1.165, 1.54) is 0 Å². The molecule has 3 aliphatic carbocycles. The van der Waals surface area contributed by atoms with Crippen molar-refractivity contribution < 1.29 is 29.0 Å². The lowest BCUT2D eigenvalue weighted by Gasteiger charge is -2.33. The molecule has 2 aliphatic heterocycles. The van der Waals surface area contributed by atoms with Crippen molar-refractivity contribution in [3.63, 3.8) is 0 Å². The van der Waals surface area contributed by atoms with E-state index in [-0.39, 0.29) is 17.0 Å². The first kappa shape index (κ1) is 41.2. The summed E-state index contributed by atoms with van der Waals surface area (Å²) in [5, 5.41) is 22.8. The predicted octanol–water partition coefficient (Wildman–Crippen LogP) is 8.92. The van der Waals surface area contributed by atoms with Gasteiger partial charge in [-0.3, -0.25) is 29.2 Å². The Kier molecular flexibility index (Phi) is 11.0. The number of fused-ring (bicyclic) bond motifs is 3. The first-order valence-electron chi connectivity index (χ1n) is 22.2. The van der Waals surface area contributed by atoms with E-state index in [2.05, 4.69) is 15.2 Å². The second-order valence-corrected chi connectivity index (χ2v) is 18.7. The number of anilines is 1. The second-order valence-electron chi connectivity index (χ2n) is 18.7. The van der Waals surface area contributed by atoms with Crippen LogP contribution in [-0.2, 0) is 36.1 Å². The number of nitrogens with zero attached hydrogens (tertiary/aromatic N) is 5. The summed E-state index contributed by atoms with van der Waals surface area (Å²) < 4.78 is 18.1. The van der Waals surface area contributed by atoms with Crippen molar-refractivity contribution in [1.82, 2.24) is 24.3 Å². The van der Waals surface area contributed by atoms with Gasteiger partial charge < -0.3 is 20.1 Å². The van der Waals surface area contributed by atoms with E-state index < -0.39 is 29.2 Å². The fourth-order valence-electron chi connectivity index (χ4n) is 11.1. The summed E-state index contributed by atoms with van der Waals surface area (Å²) in [5.41, 5.74) is 9.02. The molecule has 1 amide bonds. The molecule has 12 heteroatoms. The Balaban J connectivity index is 0.886. The minimum Gasteiger partial charge on any atom is -0.481 e. The van der Waals surface area contributed by atoms with Crippen LogP contribution in [0.3, 0.4) is 0 Å². The fourth-order valence-corrected chi connectivity index (χ4v) is 11.1. The fraction of sp³-hybridized carbons (Fsp3) is 0.490. The van der Waals surface area contributed by atoms with E-state index in [9.17, 15) is 24.6 Å². The minimum absolute atomic E-state index is 0.141. The predicted molar refractivity (Wildman–Crippen MR) is 233 cm³/mol. The highest BCUT2D eigenvalue weighted by molar-refractivity contribution is 6.03. The van der Waals surface area contributed by atoms with Gasteiger partial charge in [0.1, 0.15) is 11.9 Å². The number of halogens is 1. The van der Waals surface area contributed by atoms with E-state index >= 15 is 4.39 Å². The molecule has 0 unspecified atom stereocenters. The first-order chi connectivity index (χ1) is 29.3. The van der Waals surface area contributed by atoms with Crippen LogP contribution in [-0.4, -0.2) is 78.1 Å². The van der Waals surface area contributed by atoms with Crippen LogP contribution in [0.5, 0.6) is 0 Å². The highest BCUT2D eigenvalue weighted by Gasteiger charge is 2.57. The number of imidazole rings is 1. The third-order valence-corrected chi connectivity index (χ3v) is 15.0. The molecule has 5 aliphatic rings. The summed E-state index contributed by atoms with van der Waals surface area (Å²) in [4.78, 5) is 51.7. The molecule has 11 nitrogen and oxygen atoms in total. The van der Waals surface area contributed by atoms with Gasteiger partial charge in [0.2, 0.25) is 0 Å². The van der Waals surface area contributed by atoms with Gasteiger partial charge in [-0.15, -0.1) is 0 Å². The number of carboxylic acids is 2. The maximum atomic E-state index is 16.1. The molecule has 3 N–H and O–H groups in total. The topological polar surface area (TPSA) is 141 Å². The number of carbonyl (C=O) groups excluding carboxylic acids is 1.